The van der Waals surface area contributed by atoms with Crippen LogP contribution in [-0.4, -0.2) is 41.6 Å². The average molecular weight is 369 g/mol. The second-order valence-corrected chi connectivity index (χ2v) is 8.36. The van der Waals surface area contributed by atoms with Crippen LogP contribution in [0, 0.1) is 5.92 Å². The third kappa shape index (κ3) is 4.05. The Morgan fingerprint density at radius 1 is 1.08 bits per heavy atom. The molecule has 1 unspecified atom stereocenters. The van der Waals surface area contributed by atoms with E-state index < -0.39 is 0 Å². The molecule has 5 heteroatoms. The van der Waals surface area contributed by atoms with Gasteiger partial charge in [-0.25, -0.2) is 0 Å². The second-order valence-electron chi connectivity index (χ2n) is 7.24. The molecule has 0 saturated carbocycles. The van der Waals surface area contributed by atoms with Crippen molar-refractivity contribution in [2.24, 2.45) is 5.92 Å². The monoisotopic (exact) mass is 368 g/mol. The molecule has 0 aliphatic carbocycles. The van der Waals surface area contributed by atoms with E-state index in [0.717, 1.165) is 28.7 Å². The van der Waals surface area contributed by atoms with Crippen LogP contribution in [0.3, 0.4) is 0 Å². The quantitative estimate of drug-likeness (QED) is 0.863. The van der Waals surface area contributed by atoms with Gasteiger partial charge in [-0.15, -0.1) is 0 Å². The number of para-hydroxylation sites is 1. The Labute approximate surface area is 158 Å². The van der Waals surface area contributed by atoms with Gasteiger partial charge in [-0.2, -0.15) is 0 Å². The molecule has 136 valence electrons. The number of aromatic hydroxyl groups is 1. The second kappa shape index (κ2) is 7.72. The lowest BCUT2D eigenvalue weighted by molar-refractivity contribution is 0.0928. The SMILES string of the molecule is O=C(NC1CC2CCN(CC2)C1)c1ccc(Sc2ccccc2O)cc1. The summed E-state index contributed by atoms with van der Waals surface area (Å²) >= 11 is 1.49. The molecule has 3 heterocycles. The lowest BCUT2D eigenvalue weighted by Crippen LogP contribution is -2.41. The minimum atomic E-state index is 0.0107. The number of benzene rings is 2. The number of nitrogens with zero attached hydrogens (tertiary/aromatic N) is 1. The Morgan fingerprint density at radius 2 is 1.81 bits per heavy atom. The molecule has 3 aliphatic heterocycles. The number of phenolic OH excluding ortho intramolecular Hbond substituents is 1. The van der Waals surface area contributed by atoms with E-state index in [1.807, 2.05) is 42.5 Å². The number of fused-ring (bicyclic) bond motifs is 4. The molecular formula is C21H24N2O2S. The third-order valence-corrected chi connectivity index (χ3v) is 6.42. The fraction of sp³-hybridized carbons (Fsp3) is 0.381. The molecule has 3 aliphatic rings. The normalized spacial score (nSPS) is 24.8. The summed E-state index contributed by atoms with van der Waals surface area (Å²) in [6, 6.07) is 15.1. The minimum Gasteiger partial charge on any atom is -0.507 e. The molecule has 5 rings (SSSR count). The van der Waals surface area contributed by atoms with Gasteiger partial charge in [0.25, 0.3) is 5.91 Å². The van der Waals surface area contributed by atoms with Gasteiger partial charge in [-0.3, -0.25) is 4.79 Å². The number of carbonyl (C=O) groups is 1. The lowest BCUT2D eigenvalue weighted by Gasteiger charge is -2.26. The van der Waals surface area contributed by atoms with E-state index in [4.69, 9.17) is 0 Å². The van der Waals surface area contributed by atoms with Crippen LogP contribution in [0.25, 0.3) is 0 Å². The highest BCUT2D eigenvalue weighted by molar-refractivity contribution is 7.99. The lowest BCUT2D eigenvalue weighted by atomic mass is 9.94. The molecule has 26 heavy (non-hydrogen) atoms. The van der Waals surface area contributed by atoms with Crippen LogP contribution in [0.2, 0.25) is 0 Å². The fourth-order valence-electron chi connectivity index (χ4n) is 3.91. The van der Waals surface area contributed by atoms with Crippen molar-refractivity contribution in [3.63, 3.8) is 0 Å². The Balaban J connectivity index is 1.38. The Hall–Kier alpha value is -1.98. The summed E-state index contributed by atoms with van der Waals surface area (Å²) in [5.74, 6) is 1.05. The Morgan fingerprint density at radius 3 is 2.54 bits per heavy atom. The molecule has 2 aromatic carbocycles. The number of hydrogen-bond acceptors (Lipinski definition) is 4. The Kier molecular flexibility index (Phi) is 5.18. The molecule has 1 atom stereocenters. The van der Waals surface area contributed by atoms with Crippen LogP contribution in [0.4, 0.5) is 0 Å². The molecule has 3 saturated heterocycles. The van der Waals surface area contributed by atoms with Gasteiger partial charge in [0.05, 0.1) is 4.90 Å². The van der Waals surface area contributed by atoms with Gasteiger partial charge in [0.1, 0.15) is 5.75 Å². The Bertz CT molecular complexity index is 756. The van der Waals surface area contributed by atoms with Gasteiger partial charge in [-0.05, 0) is 74.7 Å². The first-order valence-electron chi connectivity index (χ1n) is 9.26. The van der Waals surface area contributed by atoms with Gasteiger partial charge >= 0.3 is 0 Å². The number of hydrogen-bond donors (Lipinski definition) is 2. The smallest absolute Gasteiger partial charge is 0.251 e. The first kappa shape index (κ1) is 17.4. The summed E-state index contributed by atoms with van der Waals surface area (Å²) < 4.78 is 0. The van der Waals surface area contributed by atoms with Crippen molar-refractivity contribution in [2.45, 2.75) is 35.1 Å². The first-order chi connectivity index (χ1) is 12.7. The highest BCUT2D eigenvalue weighted by atomic mass is 32.2. The van der Waals surface area contributed by atoms with Gasteiger partial charge in [0.15, 0.2) is 0 Å². The molecule has 2 bridgehead atoms. The van der Waals surface area contributed by atoms with Gasteiger partial charge in [0, 0.05) is 23.0 Å². The minimum absolute atomic E-state index is 0.0107. The van der Waals surface area contributed by atoms with Crippen LogP contribution in [0.15, 0.2) is 58.3 Å². The van der Waals surface area contributed by atoms with Gasteiger partial charge in [-0.1, -0.05) is 23.9 Å². The zero-order chi connectivity index (χ0) is 17.9. The van der Waals surface area contributed by atoms with E-state index in [2.05, 4.69) is 10.2 Å². The van der Waals surface area contributed by atoms with Crippen molar-refractivity contribution >= 4 is 17.7 Å². The summed E-state index contributed by atoms with van der Waals surface area (Å²) in [5.41, 5.74) is 0.693. The summed E-state index contributed by atoms with van der Waals surface area (Å²) in [4.78, 5) is 16.9. The van der Waals surface area contributed by atoms with Crippen LogP contribution in [0.5, 0.6) is 5.75 Å². The van der Waals surface area contributed by atoms with Crippen molar-refractivity contribution in [1.82, 2.24) is 10.2 Å². The van der Waals surface area contributed by atoms with Crippen LogP contribution in [-0.2, 0) is 0 Å². The van der Waals surface area contributed by atoms with Crippen molar-refractivity contribution in [1.29, 1.82) is 0 Å². The van der Waals surface area contributed by atoms with Gasteiger partial charge < -0.3 is 15.3 Å². The van der Waals surface area contributed by atoms with E-state index in [-0.39, 0.29) is 17.7 Å². The third-order valence-electron chi connectivity index (χ3n) is 5.35. The number of piperidine rings is 1. The molecule has 2 aromatic rings. The van der Waals surface area contributed by atoms with E-state index in [0.29, 0.717) is 5.56 Å². The number of nitrogens with one attached hydrogen (secondary N) is 1. The number of rotatable bonds is 4. The largest absolute Gasteiger partial charge is 0.507 e. The van der Waals surface area contributed by atoms with Crippen molar-refractivity contribution in [3.05, 3.63) is 54.1 Å². The molecule has 0 radical (unpaired) electrons. The molecule has 4 nitrogen and oxygen atoms in total. The van der Waals surface area contributed by atoms with Crippen LogP contribution < -0.4 is 5.32 Å². The van der Waals surface area contributed by atoms with Crippen LogP contribution in [0.1, 0.15) is 29.6 Å². The van der Waals surface area contributed by atoms with Crippen molar-refractivity contribution < 1.29 is 9.90 Å². The standard InChI is InChI=1S/C21H24N2O2S/c24-19-3-1-2-4-20(19)26-18-7-5-16(6-8-18)21(25)22-17-13-15-9-11-23(14-17)12-10-15/h1-8,15,17,24H,9-14H2,(H,22,25). The molecule has 0 aromatic heterocycles. The fourth-order valence-corrected chi connectivity index (χ4v) is 4.76. The van der Waals surface area contributed by atoms with Crippen LogP contribution >= 0.6 is 11.8 Å². The summed E-state index contributed by atoms with van der Waals surface area (Å²) in [6.07, 6.45) is 3.64. The predicted octanol–water partition coefficient (Wildman–Crippen LogP) is 3.76. The highest BCUT2D eigenvalue weighted by Gasteiger charge is 2.29. The predicted molar refractivity (Wildman–Crippen MR) is 104 cm³/mol. The molecular weight excluding hydrogens is 344 g/mol. The summed E-state index contributed by atoms with van der Waals surface area (Å²) in [7, 11) is 0. The maximum Gasteiger partial charge on any atom is 0.251 e. The number of carbonyl (C=O) groups excluding carboxylic acids is 1. The zero-order valence-corrected chi connectivity index (χ0v) is 15.5. The molecule has 1 amide bonds. The van der Waals surface area contributed by atoms with Gasteiger partial charge in [0.2, 0.25) is 0 Å². The average Bonchev–Trinajstić information content (AvgIpc) is 2.96. The first-order valence-corrected chi connectivity index (χ1v) is 10.1. The molecule has 2 N–H and O–H groups in total. The van der Waals surface area contributed by atoms with E-state index in [1.165, 1.54) is 37.7 Å². The number of amides is 1. The zero-order valence-electron chi connectivity index (χ0n) is 14.7. The molecule has 3 fully saturated rings. The summed E-state index contributed by atoms with van der Waals surface area (Å²) in [6.45, 7) is 3.33. The topological polar surface area (TPSA) is 52.6 Å². The maximum atomic E-state index is 12.6. The summed E-state index contributed by atoms with van der Waals surface area (Å²) in [5, 5.41) is 13.1. The van der Waals surface area contributed by atoms with Crippen molar-refractivity contribution in [3.8, 4) is 5.75 Å². The van der Waals surface area contributed by atoms with E-state index in [1.54, 1.807) is 6.07 Å². The maximum absolute atomic E-state index is 12.6. The van der Waals surface area contributed by atoms with E-state index in [9.17, 15) is 9.90 Å². The highest BCUT2D eigenvalue weighted by Crippen LogP contribution is 2.34. The number of phenols is 1. The van der Waals surface area contributed by atoms with E-state index >= 15 is 0 Å². The van der Waals surface area contributed by atoms with Crippen molar-refractivity contribution in [2.75, 3.05) is 19.6 Å². The molecule has 0 spiro atoms.